The highest BCUT2D eigenvalue weighted by Gasteiger charge is 2.02. The third-order valence-corrected chi connectivity index (χ3v) is 4.62. The van der Waals surface area contributed by atoms with Crippen molar-refractivity contribution in [2.45, 2.75) is 0 Å². The molecule has 0 spiro atoms. The molecule has 0 aliphatic carbocycles. The quantitative estimate of drug-likeness (QED) is 0.200. The fourth-order valence-corrected chi connectivity index (χ4v) is 2.87. The summed E-state index contributed by atoms with van der Waals surface area (Å²) < 4.78 is 0. The summed E-state index contributed by atoms with van der Waals surface area (Å²) in [6, 6.07) is 10.4. The first-order valence-electron chi connectivity index (χ1n) is 6.91. The lowest BCUT2D eigenvalue weighted by Gasteiger charge is -1.98. The summed E-state index contributed by atoms with van der Waals surface area (Å²) in [5.74, 6) is 0. The maximum atomic E-state index is 6.09. The molecule has 2 aromatic rings. The first kappa shape index (κ1) is 23.7. The summed E-state index contributed by atoms with van der Waals surface area (Å²) in [6.45, 7) is 0. The highest BCUT2D eigenvalue weighted by atomic mass is 127. The molecular weight excluding hydrogens is 549 g/mol. The molecule has 2 rings (SSSR count). The number of benzene rings is 2. The normalized spacial score (nSPS) is 12.0. The Labute approximate surface area is 193 Å². The van der Waals surface area contributed by atoms with Gasteiger partial charge in [0.05, 0.1) is 22.5 Å². The molecule has 0 aromatic heterocycles. The van der Waals surface area contributed by atoms with Crippen LogP contribution >= 0.6 is 58.2 Å². The van der Waals surface area contributed by atoms with Crippen molar-refractivity contribution >= 4 is 75.8 Å². The van der Waals surface area contributed by atoms with Crippen LogP contribution in [0.4, 0.5) is 0 Å². The maximum absolute atomic E-state index is 6.09. The Morgan fingerprint density at radius 3 is 1.96 bits per heavy atom. The average molecular weight is 562 g/mol. The first-order valence-corrected chi connectivity index (χ1v) is 9.65. The zero-order chi connectivity index (χ0) is 18.2. The van der Waals surface area contributed by atoms with Crippen molar-refractivity contribution in [2.75, 3.05) is 6.26 Å². The van der Waals surface area contributed by atoms with Gasteiger partial charge in [-0.1, -0.05) is 68.7 Å². The lowest BCUT2D eigenvalue weighted by molar-refractivity contribution is -0.539. The first-order chi connectivity index (χ1) is 12.0. The maximum Gasteiger partial charge on any atom is 0.305 e. The van der Waals surface area contributed by atoms with Crippen LogP contribution in [-0.4, -0.2) is 23.9 Å². The number of nitrogens with two attached hydrogens (primary N) is 1. The number of quaternary nitrogens is 1. The Morgan fingerprint density at radius 2 is 1.46 bits per heavy atom. The van der Waals surface area contributed by atoms with Crippen molar-refractivity contribution in [2.24, 2.45) is 15.3 Å². The van der Waals surface area contributed by atoms with Crippen LogP contribution in [0.3, 0.4) is 0 Å². The Balaban J connectivity index is 0.00000338. The molecule has 0 heterocycles. The molecule has 0 bridgehead atoms. The van der Waals surface area contributed by atoms with Crippen LogP contribution in [0.5, 0.6) is 0 Å². The molecule has 0 saturated heterocycles. The Bertz CT molecular complexity index is 843. The van der Waals surface area contributed by atoms with Crippen molar-refractivity contribution in [1.82, 2.24) is 0 Å². The average Bonchev–Trinajstić information content (AvgIpc) is 2.57. The summed E-state index contributed by atoms with van der Waals surface area (Å²) in [5.41, 5.74) is 3.09. The van der Waals surface area contributed by atoms with E-state index in [1.54, 1.807) is 54.3 Å². The molecule has 0 amide bonds. The number of amidine groups is 1. The fourth-order valence-electron chi connectivity index (χ4n) is 1.66. The molecular formula is C16H13Cl4IN4S. The zero-order valence-corrected chi connectivity index (χ0v) is 19.3. The SMILES string of the molecule is CS/C(=N/N=Cc1ccc(Cl)cc1Cl)[NH2+]N=Cc1ccc(Cl)cc1Cl.[I-]. The van der Waals surface area contributed by atoms with E-state index in [0.29, 0.717) is 25.3 Å². The van der Waals surface area contributed by atoms with Gasteiger partial charge in [0.2, 0.25) is 0 Å². The van der Waals surface area contributed by atoms with E-state index in [9.17, 15) is 0 Å². The van der Waals surface area contributed by atoms with Crippen molar-refractivity contribution in [3.05, 3.63) is 67.6 Å². The second-order valence-electron chi connectivity index (χ2n) is 4.63. The predicted molar refractivity (Wildman–Crippen MR) is 111 cm³/mol. The number of thioether (sulfide) groups is 1. The predicted octanol–water partition coefficient (Wildman–Crippen LogP) is 1.95. The van der Waals surface area contributed by atoms with Crippen LogP contribution in [0.15, 0.2) is 51.7 Å². The molecule has 2 N–H and O–H groups in total. The van der Waals surface area contributed by atoms with E-state index in [1.165, 1.54) is 11.8 Å². The molecule has 10 heteroatoms. The van der Waals surface area contributed by atoms with Gasteiger partial charge in [0.25, 0.3) is 0 Å². The molecule has 0 aliphatic heterocycles. The summed E-state index contributed by atoms with van der Waals surface area (Å²) >= 11 is 25.3. The van der Waals surface area contributed by atoms with E-state index in [4.69, 9.17) is 46.4 Å². The minimum atomic E-state index is 0. The van der Waals surface area contributed by atoms with Crippen LogP contribution in [0, 0.1) is 0 Å². The van der Waals surface area contributed by atoms with E-state index >= 15 is 0 Å². The third kappa shape index (κ3) is 7.72. The van der Waals surface area contributed by atoms with Crippen LogP contribution in [0.2, 0.25) is 20.1 Å². The van der Waals surface area contributed by atoms with Gasteiger partial charge in [0.1, 0.15) is 0 Å². The summed E-state index contributed by atoms with van der Waals surface area (Å²) in [7, 11) is 0. The van der Waals surface area contributed by atoms with Crippen molar-refractivity contribution in [3.63, 3.8) is 0 Å². The minimum Gasteiger partial charge on any atom is -1.00 e. The Morgan fingerprint density at radius 1 is 0.923 bits per heavy atom. The zero-order valence-electron chi connectivity index (χ0n) is 13.3. The molecule has 0 atom stereocenters. The van der Waals surface area contributed by atoms with Gasteiger partial charge in [0.15, 0.2) is 0 Å². The minimum absolute atomic E-state index is 0. The topological polar surface area (TPSA) is 53.7 Å². The van der Waals surface area contributed by atoms with Crippen LogP contribution in [-0.2, 0) is 0 Å². The van der Waals surface area contributed by atoms with Crippen molar-refractivity contribution < 1.29 is 29.4 Å². The van der Waals surface area contributed by atoms with Gasteiger partial charge in [-0.2, -0.15) is 10.5 Å². The lowest BCUT2D eigenvalue weighted by atomic mass is 10.2. The number of nitrogens with zero attached hydrogens (tertiary/aromatic N) is 3. The van der Waals surface area contributed by atoms with Gasteiger partial charge in [-0.3, -0.25) is 0 Å². The fraction of sp³-hybridized carbons (Fsp3) is 0.0625. The third-order valence-electron chi connectivity index (χ3n) is 2.89. The molecule has 26 heavy (non-hydrogen) atoms. The molecule has 0 radical (unpaired) electrons. The van der Waals surface area contributed by atoms with Gasteiger partial charge in [-0.25, -0.2) is 0 Å². The van der Waals surface area contributed by atoms with E-state index < -0.39 is 0 Å². The number of halogens is 5. The molecule has 0 aliphatic rings. The molecule has 4 nitrogen and oxygen atoms in total. The molecule has 2 aromatic carbocycles. The largest absolute Gasteiger partial charge is 1.00 e. The van der Waals surface area contributed by atoms with Gasteiger partial charge < -0.3 is 24.0 Å². The van der Waals surface area contributed by atoms with Gasteiger partial charge in [0, 0.05) is 21.2 Å². The Kier molecular flexibility index (Phi) is 11.1. The van der Waals surface area contributed by atoms with Crippen LogP contribution < -0.4 is 29.4 Å². The monoisotopic (exact) mass is 560 g/mol. The molecule has 0 unspecified atom stereocenters. The van der Waals surface area contributed by atoms with Gasteiger partial charge >= 0.3 is 5.17 Å². The van der Waals surface area contributed by atoms with E-state index in [0.717, 1.165) is 11.1 Å². The van der Waals surface area contributed by atoms with E-state index in [1.807, 2.05) is 6.26 Å². The Hall–Kier alpha value is -0.350. The smallest absolute Gasteiger partial charge is 0.305 e. The summed E-state index contributed by atoms with van der Waals surface area (Å²) in [6.07, 6.45) is 5.07. The van der Waals surface area contributed by atoms with Crippen molar-refractivity contribution in [1.29, 1.82) is 0 Å². The van der Waals surface area contributed by atoms with Crippen molar-refractivity contribution in [3.8, 4) is 0 Å². The van der Waals surface area contributed by atoms with Gasteiger partial charge in [-0.15, -0.1) is 0 Å². The number of rotatable bonds is 4. The van der Waals surface area contributed by atoms with Crippen LogP contribution in [0.25, 0.3) is 0 Å². The summed E-state index contributed by atoms with van der Waals surface area (Å²) in [4.78, 5) is 0. The number of hydrogen-bond acceptors (Lipinski definition) is 4. The molecule has 138 valence electrons. The second kappa shape index (κ2) is 12.2. The molecule has 0 saturated carbocycles. The lowest BCUT2D eigenvalue weighted by Crippen LogP contribution is -3.00. The highest BCUT2D eigenvalue weighted by molar-refractivity contribution is 8.12. The summed E-state index contributed by atoms with van der Waals surface area (Å²) in [5, 5.41) is 15.2. The van der Waals surface area contributed by atoms with Crippen LogP contribution in [0.1, 0.15) is 11.1 Å². The standard InChI is InChI=1S/C16H12Cl4N4S.HI/c1-25-16(23-21-8-10-2-4-12(17)6-14(10)19)24-22-9-11-3-5-13(18)7-15(11)20;/h2-9H,1H3,(H,23,24);1H. The van der Waals surface area contributed by atoms with Gasteiger partial charge in [-0.05, 0) is 42.3 Å². The number of hydrogen-bond donors (Lipinski definition) is 1. The molecule has 0 fully saturated rings. The van der Waals surface area contributed by atoms with E-state index in [-0.39, 0.29) is 24.0 Å². The highest BCUT2D eigenvalue weighted by Crippen LogP contribution is 2.20. The van der Waals surface area contributed by atoms with E-state index in [2.05, 4.69) is 15.3 Å². The second-order valence-corrected chi connectivity index (χ2v) is 7.14.